The Hall–Kier alpha value is -2.18. The van der Waals surface area contributed by atoms with Gasteiger partial charge in [0.2, 0.25) is 0 Å². The van der Waals surface area contributed by atoms with Crippen LogP contribution < -0.4 is 5.32 Å². The summed E-state index contributed by atoms with van der Waals surface area (Å²) in [5, 5.41) is 11.2. The highest BCUT2D eigenvalue weighted by atomic mass is 19.1. The van der Waals surface area contributed by atoms with Crippen molar-refractivity contribution in [3.05, 3.63) is 34.9 Å². The van der Waals surface area contributed by atoms with Gasteiger partial charge in [-0.3, -0.25) is 0 Å². The van der Waals surface area contributed by atoms with Crippen molar-refractivity contribution in [2.24, 2.45) is 5.92 Å². The van der Waals surface area contributed by atoms with Crippen LogP contribution in [0.4, 0.5) is 13.6 Å². The number of aromatic carboxylic acids is 1. The normalized spacial score (nSPS) is 18.1. The van der Waals surface area contributed by atoms with Gasteiger partial charge in [-0.25, -0.2) is 18.4 Å². The van der Waals surface area contributed by atoms with E-state index in [2.05, 4.69) is 5.32 Å². The molecule has 0 spiro atoms. The van der Waals surface area contributed by atoms with E-state index in [1.54, 1.807) is 4.90 Å². The zero-order valence-corrected chi connectivity index (χ0v) is 12.2. The standard InChI is InChI=1S/C15H18F2N2O3/c1-9-3-2-4-19(8-9)15(22)18-7-11-12(16)5-10(14(20)21)6-13(11)17/h5-6,9H,2-4,7-8H2,1H3,(H,18,22)(H,20,21). The van der Waals surface area contributed by atoms with E-state index in [1.807, 2.05) is 6.92 Å². The molecule has 22 heavy (non-hydrogen) atoms. The molecule has 2 amide bonds. The Morgan fingerprint density at radius 1 is 1.36 bits per heavy atom. The number of hydrogen-bond acceptors (Lipinski definition) is 2. The maximum absolute atomic E-state index is 13.8. The first-order valence-corrected chi connectivity index (χ1v) is 7.12. The summed E-state index contributed by atoms with van der Waals surface area (Å²) < 4.78 is 27.5. The lowest BCUT2D eigenvalue weighted by molar-refractivity contribution is 0.0695. The predicted molar refractivity (Wildman–Crippen MR) is 75.5 cm³/mol. The van der Waals surface area contributed by atoms with Crippen molar-refractivity contribution in [1.29, 1.82) is 0 Å². The van der Waals surface area contributed by atoms with Crippen LogP contribution in [0.2, 0.25) is 0 Å². The lowest BCUT2D eigenvalue weighted by atomic mass is 10.0. The van der Waals surface area contributed by atoms with Gasteiger partial charge in [0.05, 0.1) is 12.1 Å². The summed E-state index contributed by atoms with van der Waals surface area (Å²) in [5.74, 6) is -2.96. The molecule has 1 aromatic rings. The molecule has 1 aromatic carbocycles. The van der Waals surface area contributed by atoms with Crippen LogP contribution >= 0.6 is 0 Å². The maximum atomic E-state index is 13.8. The van der Waals surface area contributed by atoms with E-state index < -0.39 is 23.2 Å². The average molecular weight is 312 g/mol. The monoisotopic (exact) mass is 312 g/mol. The van der Waals surface area contributed by atoms with E-state index in [0.29, 0.717) is 19.0 Å². The summed E-state index contributed by atoms with van der Waals surface area (Å²) in [6.07, 6.45) is 1.97. The number of piperidine rings is 1. The molecule has 120 valence electrons. The molecule has 1 heterocycles. The van der Waals surface area contributed by atoms with Crippen LogP contribution in [-0.4, -0.2) is 35.1 Å². The van der Waals surface area contributed by atoms with E-state index in [0.717, 1.165) is 25.0 Å². The molecule has 1 unspecified atom stereocenters. The van der Waals surface area contributed by atoms with Crippen LogP contribution in [0.1, 0.15) is 35.7 Å². The van der Waals surface area contributed by atoms with Crippen LogP contribution in [0.5, 0.6) is 0 Å². The largest absolute Gasteiger partial charge is 0.478 e. The van der Waals surface area contributed by atoms with E-state index in [1.165, 1.54) is 0 Å². The number of carbonyl (C=O) groups excluding carboxylic acids is 1. The lowest BCUT2D eigenvalue weighted by Gasteiger charge is -2.31. The summed E-state index contributed by atoms with van der Waals surface area (Å²) in [4.78, 5) is 24.3. The van der Waals surface area contributed by atoms with Crippen LogP contribution in [0, 0.1) is 17.6 Å². The lowest BCUT2D eigenvalue weighted by Crippen LogP contribution is -2.44. The van der Waals surface area contributed by atoms with Gasteiger partial charge in [-0.2, -0.15) is 0 Å². The van der Waals surface area contributed by atoms with Gasteiger partial charge in [0, 0.05) is 18.7 Å². The SMILES string of the molecule is CC1CCCN(C(=O)NCc2c(F)cc(C(=O)O)cc2F)C1. The molecule has 1 aliphatic rings. The number of hydrogen-bond donors (Lipinski definition) is 2. The molecule has 1 saturated heterocycles. The van der Waals surface area contributed by atoms with Crippen molar-refractivity contribution < 1.29 is 23.5 Å². The number of benzene rings is 1. The Morgan fingerprint density at radius 3 is 2.55 bits per heavy atom. The molecule has 5 nitrogen and oxygen atoms in total. The molecule has 0 radical (unpaired) electrons. The Bertz CT molecular complexity index is 569. The van der Waals surface area contributed by atoms with Crippen molar-refractivity contribution in [1.82, 2.24) is 10.2 Å². The van der Waals surface area contributed by atoms with Crippen LogP contribution in [-0.2, 0) is 6.54 Å². The topological polar surface area (TPSA) is 69.6 Å². The Balaban J connectivity index is 2.02. The second-order valence-corrected chi connectivity index (χ2v) is 5.58. The minimum absolute atomic E-state index is 0.318. The van der Waals surface area contributed by atoms with Gasteiger partial charge in [0.25, 0.3) is 0 Å². The third kappa shape index (κ3) is 3.72. The average Bonchev–Trinajstić information content (AvgIpc) is 2.45. The number of halogens is 2. The zero-order chi connectivity index (χ0) is 16.3. The third-order valence-corrected chi connectivity index (χ3v) is 3.75. The van der Waals surface area contributed by atoms with Gasteiger partial charge in [0.1, 0.15) is 11.6 Å². The summed E-state index contributed by atoms with van der Waals surface area (Å²) in [5.41, 5.74) is -0.807. The molecule has 0 bridgehead atoms. The number of rotatable bonds is 3. The third-order valence-electron chi connectivity index (χ3n) is 3.75. The Kier molecular flexibility index (Phi) is 4.95. The molecular formula is C15H18F2N2O3. The number of nitrogens with zero attached hydrogens (tertiary/aromatic N) is 1. The quantitative estimate of drug-likeness (QED) is 0.901. The summed E-state index contributed by atoms with van der Waals surface area (Å²) in [6.45, 7) is 2.97. The van der Waals surface area contributed by atoms with E-state index in [9.17, 15) is 18.4 Å². The van der Waals surface area contributed by atoms with Crippen LogP contribution in [0.3, 0.4) is 0 Å². The Morgan fingerprint density at radius 2 is 2.00 bits per heavy atom. The van der Waals surface area contributed by atoms with E-state index in [4.69, 9.17) is 5.11 Å². The molecule has 2 N–H and O–H groups in total. The van der Waals surface area contributed by atoms with E-state index >= 15 is 0 Å². The fourth-order valence-corrected chi connectivity index (χ4v) is 2.55. The molecule has 1 atom stereocenters. The minimum atomic E-state index is -1.41. The van der Waals surface area contributed by atoms with E-state index in [-0.39, 0.29) is 18.1 Å². The fourth-order valence-electron chi connectivity index (χ4n) is 2.55. The summed E-state index contributed by atoms with van der Waals surface area (Å²) >= 11 is 0. The number of carboxylic acids is 1. The minimum Gasteiger partial charge on any atom is -0.478 e. The smallest absolute Gasteiger partial charge is 0.335 e. The van der Waals surface area contributed by atoms with Crippen LogP contribution in [0.25, 0.3) is 0 Å². The fraction of sp³-hybridized carbons (Fsp3) is 0.467. The number of carboxylic acid groups (broad SMARTS) is 1. The maximum Gasteiger partial charge on any atom is 0.335 e. The van der Waals surface area contributed by atoms with Gasteiger partial charge in [-0.1, -0.05) is 6.92 Å². The Labute approximate surface area is 126 Å². The molecule has 0 aliphatic carbocycles. The van der Waals surface area contributed by atoms with Crippen LogP contribution in [0.15, 0.2) is 12.1 Å². The first-order valence-electron chi connectivity index (χ1n) is 7.12. The van der Waals surface area contributed by atoms with Crippen molar-refractivity contribution >= 4 is 12.0 Å². The molecule has 0 saturated carbocycles. The summed E-state index contributed by atoms with van der Waals surface area (Å²) in [6, 6.07) is 1.12. The molecule has 2 rings (SSSR count). The second kappa shape index (κ2) is 6.72. The molecule has 7 heteroatoms. The highest BCUT2D eigenvalue weighted by Crippen LogP contribution is 2.17. The molecule has 1 aliphatic heterocycles. The first kappa shape index (κ1) is 16.2. The van der Waals surface area contributed by atoms with Gasteiger partial charge in [-0.05, 0) is 30.9 Å². The zero-order valence-electron chi connectivity index (χ0n) is 12.2. The van der Waals surface area contributed by atoms with Gasteiger partial charge in [-0.15, -0.1) is 0 Å². The molecule has 0 aromatic heterocycles. The van der Waals surface area contributed by atoms with Crippen molar-refractivity contribution in [3.8, 4) is 0 Å². The van der Waals surface area contributed by atoms with Crippen molar-refractivity contribution in [3.63, 3.8) is 0 Å². The molecular weight excluding hydrogens is 294 g/mol. The molecule has 1 fully saturated rings. The number of carbonyl (C=O) groups is 2. The second-order valence-electron chi connectivity index (χ2n) is 5.58. The number of urea groups is 1. The highest BCUT2D eigenvalue weighted by molar-refractivity contribution is 5.87. The van der Waals surface area contributed by atoms with Gasteiger partial charge >= 0.3 is 12.0 Å². The number of likely N-dealkylation sites (tertiary alicyclic amines) is 1. The first-order chi connectivity index (χ1) is 10.4. The highest BCUT2D eigenvalue weighted by Gasteiger charge is 2.21. The predicted octanol–water partition coefficient (Wildman–Crippen LogP) is 2.60. The van der Waals surface area contributed by atoms with Gasteiger partial charge < -0.3 is 15.3 Å². The van der Waals surface area contributed by atoms with Crippen molar-refractivity contribution in [2.45, 2.75) is 26.3 Å². The number of nitrogens with one attached hydrogen (secondary N) is 1. The van der Waals surface area contributed by atoms with Crippen molar-refractivity contribution in [2.75, 3.05) is 13.1 Å². The summed E-state index contributed by atoms with van der Waals surface area (Å²) in [7, 11) is 0. The van der Waals surface area contributed by atoms with Gasteiger partial charge in [0.15, 0.2) is 0 Å². The number of amides is 2.